The van der Waals surface area contributed by atoms with Gasteiger partial charge in [0.05, 0.1) is 17.8 Å². The SMILES string of the molecule is Cc1ccc(C)c(NC(=O)CCN2C(=S)N[C@@H](c3ccccn3)[C@H]2c2ccc(C)s2)c1. The molecule has 0 radical (unpaired) electrons. The summed E-state index contributed by atoms with van der Waals surface area (Å²) in [7, 11) is 0. The van der Waals surface area contributed by atoms with Crippen LogP contribution in [0.2, 0.25) is 0 Å². The van der Waals surface area contributed by atoms with E-state index in [0.717, 1.165) is 22.5 Å². The van der Waals surface area contributed by atoms with E-state index in [1.807, 2.05) is 50.2 Å². The average molecular weight is 451 g/mol. The lowest BCUT2D eigenvalue weighted by molar-refractivity contribution is -0.116. The van der Waals surface area contributed by atoms with Crippen molar-refractivity contribution in [3.63, 3.8) is 0 Å². The molecule has 1 aliphatic rings. The number of hydrogen-bond donors (Lipinski definition) is 2. The van der Waals surface area contributed by atoms with Crippen molar-refractivity contribution in [1.82, 2.24) is 15.2 Å². The van der Waals surface area contributed by atoms with E-state index in [1.165, 1.54) is 9.75 Å². The summed E-state index contributed by atoms with van der Waals surface area (Å²) in [4.78, 5) is 21.9. The standard InChI is InChI=1S/C24H26N4OS2/c1-15-7-8-16(2)19(14-15)26-21(29)11-13-28-23(20-10-9-17(3)31-20)22(27-24(28)30)18-6-4-5-12-25-18/h4-10,12,14,22-23H,11,13H2,1-3H3,(H,26,29)(H,27,30)/t22-,23+/m0/s1. The smallest absolute Gasteiger partial charge is 0.226 e. The zero-order chi connectivity index (χ0) is 22.0. The Labute approximate surface area is 192 Å². The first-order valence-corrected chi connectivity index (χ1v) is 11.6. The molecule has 1 saturated heterocycles. The normalized spacial score (nSPS) is 18.2. The summed E-state index contributed by atoms with van der Waals surface area (Å²) in [6, 6.07) is 16.2. The van der Waals surface area contributed by atoms with Crippen molar-refractivity contribution in [2.24, 2.45) is 0 Å². The van der Waals surface area contributed by atoms with Crippen LogP contribution >= 0.6 is 23.6 Å². The number of pyridine rings is 1. The molecule has 160 valence electrons. The van der Waals surface area contributed by atoms with Gasteiger partial charge < -0.3 is 15.5 Å². The number of nitrogens with zero attached hydrogens (tertiary/aromatic N) is 2. The number of aromatic nitrogens is 1. The molecule has 0 aliphatic carbocycles. The summed E-state index contributed by atoms with van der Waals surface area (Å²) < 4.78 is 0. The molecule has 2 aromatic heterocycles. The van der Waals surface area contributed by atoms with Crippen LogP contribution in [0.1, 0.15) is 45.1 Å². The van der Waals surface area contributed by atoms with Crippen molar-refractivity contribution in [1.29, 1.82) is 0 Å². The van der Waals surface area contributed by atoms with Crippen molar-refractivity contribution >= 4 is 40.3 Å². The highest BCUT2D eigenvalue weighted by molar-refractivity contribution is 7.80. The van der Waals surface area contributed by atoms with E-state index in [1.54, 1.807) is 17.5 Å². The number of carbonyl (C=O) groups excluding carboxylic acids is 1. The van der Waals surface area contributed by atoms with E-state index in [0.29, 0.717) is 18.1 Å². The molecule has 2 atom stereocenters. The molecular formula is C24H26N4OS2. The molecule has 0 bridgehead atoms. The first kappa shape index (κ1) is 21.5. The van der Waals surface area contributed by atoms with Gasteiger partial charge in [0.1, 0.15) is 0 Å². The molecule has 0 spiro atoms. The Balaban J connectivity index is 1.52. The second kappa shape index (κ2) is 9.16. The fourth-order valence-electron chi connectivity index (χ4n) is 3.87. The topological polar surface area (TPSA) is 57.3 Å². The highest BCUT2D eigenvalue weighted by atomic mass is 32.1. The molecule has 3 heterocycles. The van der Waals surface area contributed by atoms with E-state index in [4.69, 9.17) is 12.2 Å². The Morgan fingerprint density at radius 2 is 2.03 bits per heavy atom. The van der Waals surface area contributed by atoms with Gasteiger partial charge in [0.15, 0.2) is 5.11 Å². The van der Waals surface area contributed by atoms with Crippen molar-refractivity contribution < 1.29 is 4.79 Å². The van der Waals surface area contributed by atoms with Crippen molar-refractivity contribution in [2.75, 3.05) is 11.9 Å². The number of hydrogen-bond acceptors (Lipinski definition) is 4. The molecule has 31 heavy (non-hydrogen) atoms. The number of rotatable bonds is 6. The van der Waals surface area contributed by atoms with Crippen LogP contribution in [-0.4, -0.2) is 27.4 Å². The molecule has 1 amide bonds. The molecule has 0 saturated carbocycles. The van der Waals surface area contributed by atoms with Gasteiger partial charge in [-0.2, -0.15) is 0 Å². The first-order valence-electron chi connectivity index (χ1n) is 10.3. The van der Waals surface area contributed by atoms with Gasteiger partial charge >= 0.3 is 0 Å². The van der Waals surface area contributed by atoms with E-state index in [2.05, 4.69) is 39.6 Å². The van der Waals surface area contributed by atoms with E-state index >= 15 is 0 Å². The second-order valence-corrected chi connectivity index (χ2v) is 9.59. The molecule has 1 aromatic carbocycles. The molecule has 4 rings (SSSR count). The maximum Gasteiger partial charge on any atom is 0.226 e. The lowest BCUT2D eigenvalue weighted by Crippen LogP contribution is -2.32. The summed E-state index contributed by atoms with van der Waals surface area (Å²) in [5, 5.41) is 7.15. The van der Waals surface area contributed by atoms with Crippen LogP contribution in [0.4, 0.5) is 5.69 Å². The molecule has 3 aromatic rings. The Kier molecular flexibility index (Phi) is 6.34. The highest BCUT2D eigenvalue weighted by Gasteiger charge is 2.40. The summed E-state index contributed by atoms with van der Waals surface area (Å²) in [6.07, 6.45) is 2.15. The quantitative estimate of drug-likeness (QED) is 0.514. The lowest BCUT2D eigenvalue weighted by Gasteiger charge is -2.26. The number of nitrogens with one attached hydrogen (secondary N) is 2. The summed E-state index contributed by atoms with van der Waals surface area (Å²) in [5.41, 5.74) is 3.99. The predicted molar refractivity (Wildman–Crippen MR) is 130 cm³/mol. The predicted octanol–water partition coefficient (Wildman–Crippen LogP) is 5.07. The maximum absolute atomic E-state index is 12.7. The zero-order valence-electron chi connectivity index (χ0n) is 17.9. The monoisotopic (exact) mass is 450 g/mol. The van der Waals surface area contributed by atoms with Crippen LogP contribution in [0.25, 0.3) is 0 Å². The molecule has 7 heteroatoms. The van der Waals surface area contributed by atoms with Crippen molar-refractivity contribution in [3.05, 3.63) is 81.3 Å². The minimum atomic E-state index is -0.0474. The highest BCUT2D eigenvalue weighted by Crippen LogP contribution is 2.41. The van der Waals surface area contributed by atoms with Crippen LogP contribution < -0.4 is 10.6 Å². The Morgan fingerprint density at radius 1 is 1.19 bits per heavy atom. The number of thiocarbonyl (C=S) groups is 1. The minimum Gasteiger partial charge on any atom is -0.352 e. The first-order chi connectivity index (χ1) is 14.9. The lowest BCUT2D eigenvalue weighted by atomic mass is 10.0. The number of amides is 1. The van der Waals surface area contributed by atoms with Gasteiger partial charge in [-0.1, -0.05) is 18.2 Å². The fraction of sp³-hybridized carbons (Fsp3) is 0.292. The van der Waals surface area contributed by atoms with E-state index < -0.39 is 0 Å². The average Bonchev–Trinajstić information content (AvgIpc) is 3.32. The summed E-state index contributed by atoms with van der Waals surface area (Å²) >= 11 is 7.44. The third-order valence-corrected chi connectivity index (χ3v) is 6.92. The van der Waals surface area contributed by atoms with Crippen LogP contribution in [-0.2, 0) is 4.79 Å². The number of anilines is 1. The Hall–Kier alpha value is -2.77. The molecule has 0 unspecified atom stereocenters. The maximum atomic E-state index is 12.7. The van der Waals surface area contributed by atoms with Gasteiger partial charge in [-0.25, -0.2) is 0 Å². The van der Waals surface area contributed by atoms with Gasteiger partial charge in [-0.3, -0.25) is 9.78 Å². The van der Waals surface area contributed by atoms with Crippen molar-refractivity contribution in [3.8, 4) is 0 Å². The van der Waals surface area contributed by atoms with Gasteiger partial charge in [-0.15, -0.1) is 11.3 Å². The van der Waals surface area contributed by atoms with E-state index in [-0.39, 0.29) is 18.0 Å². The van der Waals surface area contributed by atoms with Crippen LogP contribution in [0.15, 0.2) is 54.7 Å². The number of benzene rings is 1. The van der Waals surface area contributed by atoms with Gasteiger partial charge in [-0.05, 0) is 74.4 Å². The number of thiophene rings is 1. The largest absolute Gasteiger partial charge is 0.352 e. The van der Waals surface area contributed by atoms with E-state index in [9.17, 15) is 4.79 Å². The van der Waals surface area contributed by atoms with Crippen LogP contribution in [0.5, 0.6) is 0 Å². The summed E-state index contributed by atoms with van der Waals surface area (Å²) in [5.74, 6) is -0.0149. The second-order valence-electron chi connectivity index (χ2n) is 7.88. The van der Waals surface area contributed by atoms with Gasteiger partial charge in [0.25, 0.3) is 0 Å². The molecule has 2 N–H and O–H groups in total. The van der Waals surface area contributed by atoms with Gasteiger partial charge in [0, 0.05) is 34.6 Å². The van der Waals surface area contributed by atoms with Crippen molar-refractivity contribution in [2.45, 2.75) is 39.3 Å². The molecule has 5 nitrogen and oxygen atoms in total. The third kappa shape index (κ3) is 4.78. The molecule has 1 aliphatic heterocycles. The third-order valence-electron chi connectivity index (χ3n) is 5.50. The summed E-state index contributed by atoms with van der Waals surface area (Å²) in [6.45, 7) is 6.66. The minimum absolute atomic E-state index is 0.00889. The number of aryl methyl sites for hydroxylation is 3. The molecule has 1 fully saturated rings. The number of carbonyl (C=O) groups is 1. The van der Waals surface area contributed by atoms with Crippen LogP contribution in [0, 0.1) is 20.8 Å². The Morgan fingerprint density at radius 3 is 2.74 bits per heavy atom. The van der Waals surface area contributed by atoms with Crippen LogP contribution in [0.3, 0.4) is 0 Å². The van der Waals surface area contributed by atoms with Gasteiger partial charge in [0.2, 0.25) is 5.91 Å². The Bertz CT molecular complexity index is 1100. The fourth-order valence-corrected chi connectivity index (χ4v) is 5.23. The molecular weight excluding hydrogens is 424 g/mol. The zero-order valence-corrected chi connectivity index (χ0v) is 19.5.